The second kappa shape index (κ2) is 7.20. The third-order valence-corrected chi connectivity index (χ3v) is 4.03. The normalized spacial score (nSPS) is 10.6. The molecule has 0 aliphatic heterocycles. The van der Waals surface area contributed by atoms with Gasteiger partial charge in [-0.3, -0.25) is 19.5 Å². The van der Waals surface area contributed by atoms with Gasteiger partial charge in [-0.2, -0.15) is 4.98 Å². The number of nitro groups is 1. The van der Waals surface area contributed by atoms with E-state index in [1.165, 1.54) is 22.8 Å². The summed E-state index contributed by atoms with van der Waals surface area (Å²) in [6.07, 6.45) is -0.227. The molecule has 0 aliphatic rings. The van der Waals surface area contributed by atoms with Crippen LogP contribution < -0.4 is 5.69 Å². The van der Waals surface area contributed by atoms with Gasteiger partial charge in [0.2, 0.25) is 0 Å². The molecule has 0 unspecified atom stereocenters. The van der Waals surface area contributed by atoms with E-state index < -0.39 is 16.6 Å². The molecule has 0 saturated carbocycles. The predicted molar refractivity (Wildman–Crippen MR) is 98.0 cm³/mol. The number of hydrogen-bond donors (Lipinski definition) is 1. The fraction of sp³-hybridized carbons (Fsp3) is 0.105. The first kappa shape index (κ1) is 18.0. The van der Waals surface area contributed by atoms with E-state index >= 15 is 0 Å². The number of hydrogen-bond acceptors (Lipinski definition) is 5. The Bertz CT molecular complexity index is 1100. The number of carboxylic acids is 1. The molecule has 3 aromatic rings. The Hall–Kier alpha value is -3.81. The van der Waals surface area contributed by atoms with Gasteiger partial charge < -0.3 is 5.11 Å². The van der Waals surface area contributed by atoms with Crippen LogP contribution >= 0.6 is 0 Å². The molecule has 0 saturated heterocycles. The van der Waals surface area contributed by atoms with Gasteiger partial charge in [-0.25, -0.2) is 4.79 Å². The summed E-state index contributed by atoms with van der Waals surface area (Å²) >= 11 is 0. The Morgan fingerprint density at radius 2 is 1.93 bits per heavy atom. The van der Waals surface area contributed by atoms with E-state index in [9.17, 15) is 19.7 Å². The Morgan fingerprint density at radius 1 is 1.19 bits per heavy atom. The van der Waals surface area contributed by atoms with E-state index in [1.54, 1.807) is 43.3 Å². The average Bonchev–Trinajstić information content (AvgIpc) is 2.62. The number of para-hydroxylation sites is 1. The molecule has 3 rings (SSSR count). The molecule has 1 heterocycles. The summed E-state index contributed by atoms with van der Waals surface area (Å²) in [6, 6.07) is 14.2. The number of aromatic nitrogens is 2. The van der Waals surface area contributed by atoms with E-state index in [-0.39, 0.29) is 12.1 Å². The molecule has 0 amide bonds. The Balaban J connectivity index is 2.13. The first-order valence-electron chi connectivity index (χ1n) is 8.02. The van der Waals surface area contributed by atoms with Gasteiger partial charge in [0.05, 0.1) is 22.7 Å². The lowest BCUT2D eigenvalue weighted by atomic mass is 10.1. The third kappa shape index (κ3) is 3.74. The van der Waals surface area contributed by atoms with E-state index in [1.807, 2.05) is 0 Å². The fourth-order valence-electron chi connectivity index (χ4n) is 2.86. The first-order chi connectivity index (χ1) is 12.9. The van der Waals surface area contributed by atoms with Crippen LogP contribution in [0.5, 0.6) is 0 Å². The number of rotatable bonds is 5. The molecule has 2 aromatic carbocycles. The van der Waals surface area contributed by atoms with Gasteiger partial charge in [-0.15, -0.1) is 0 Å². The van der Waals surface area contributed by atoms with Crippen molar-refractivity contribution in [3.8, 4) is 16.9 Å². The number of carbonyl (C=O) groups is 1. The van der Waals surface area contributed by atoms with Crippen molar-refractivity contribution in [2.24, 2.45) is 0 Å². The van der Waals surface area contributed by atoms with Gasteiger partial charge in [-0.05, 0) is 24.6 Å². The molecule has 1 N–H and O–H groups in total. The number of nitrogens with zero attached hydrogens (tertiary/aromatic N) is 3. The molecule has 0 spiro atoms. The van der Waals surface area contributed by atoms with Gasteiger partial charge in [0.15, 0.2) is 0 Å². The second-order valence-electron chi connectivity index (χ2n) is 5.91. The van der Waals surface area contributed by atoms with Crippen LogP contribution in [0.4, 0.5) is 5.69 Å². The van der Waals surface area contributed by atoms with Crippen LogP contribution in [0.1, 0.15) is 11.3 Å². The van der Waals surface area contributed by atoms with Crippen LogP contribution in [0, 0.1) is 17.0 Å². The van der Waals surface area contributed by atoms with Crippen molar-refractivity contribution in [3.63, 3.8) is 0 Å². The molecule has 1 aromatic heterocycles. The van der Waals surface area contributed by atoms with Crippen molar-refractivity contribution >= 4 is 11.7 Å². The lowest BCUT2D eigenvalue weighted by Crippen LogP contribution is -2.25. The Labute approximate surface area is 153 Å². The summed E-state index contributed by atoms with van der Waals surface area (Å²) in [7, 11) is 0. The Kier molecular flexibility index (Phi) is 4.80. The van der Waals surface area contributed by atoms with Gasteiger partial charge in [0, 0.05) is 23.4 Å². The lowest BCUT2D eigenvalue weighted by molar-refractivity contribution is -0.384. The minimum absolute atomic E-state index is 0.0945. The largest absolute Gasteiger partial charge is 0.481 e. The molecular weight excluding hydrogens is 350 g/mol. The summed E-state index contributed by atoms with van der Waals surface area (Å²) < 4.78 is 1.33. The molecule has 27 heavy (non-hydrogen) atoms. The van der Waals surface area contributed by atoms with Crippen molar-refractivity contribution in [1.82, 2.24) is 9.55 Å². The zero-order valence-corrected chi connectivity index (χ0v) is 14.3. The Morgan fingerprint density at radius 3 is 2.59 bits per heavy atom. The second-order valence-corrected chi connectivity index (χ2v) is 5.91. The van der Waals surface area contributed by atoms with E-state index in [4.69, 9.17) is 5.11 Å². The average molecular weight is 365 g/mol. The zero-order chi connectivity index (χ0) is 19.6. The maximum Gasteiger partial charge on any atom is 0.352 e. The fourth-order valence-corrected chi connectivity index (χ4v) is 2.86. The smallest absolute Gasteiger partial charge is 0.352 e. The standard InChI is InChI=1S/C19H15N3O5/c1-12-9-16(13-6-4-7-15(10-13)22(26)27)20-19(25)21(12)17-8-3-2-5-14(17)11-18(23)24/h2-10H,11H2,1H3,(H,23,24). The highest BCUT2D eigenvalue weighted by molar-refractivity contribution is 5.72. The maximum absolute atomic E-state index is 12.7. The molecule has 0 atom stereocenters. The topological polar surface area (TPSA) is 115 Å². The molecule has 0 aliphatic carbocycles. The molecule has 0 fully saturated rings. The van der Waals surface area contributed by atoms with Crippen LogP contribution in [0.3, 0.4) is 0 Å². The van der Waals surface area contributed by atoms with E-state index in [2.05, 4.69) is 4.98 Å². The number of aryl methyl sites for hydroxylation is 1. The molecule has 136 valence electrons. The first-order valence-corrected chi connectivity index (χ1v) is 8.02. The quantitative estimate of drug-likeness (QED) is 0.549. The lowest BCUT2D eigenvalue weighted by Gasteiger charge is -2.14. The molecule has 0 bridgehead atoms. The third-order valence-electron chi connectivity index (χ3n) is 4.03. The number of carboxylic acid groups (broad SMARTS) is 1. The van der Waals surface area contributed by atoms with Crippen LogP contribution in [-0.2, 0) is 11.2 Å². The zero-order valence-electron chi connectivity index (χ0n) is 14.3. The minimum atomic E-state index is -1.01. The van der Waals surface area contributed by atoms with Crippen molar-refractivity contribution in [3.05, 3.63) is 86.5 Å². The molecular formula is C19H15N3O5. The van der Waals surface area contributed by atoms with Crippen LogP contribution in [-0.4, -0.2) is 25.6 Å². The van der Waals surface area contributed by atoms with Gasteiger partial charge in [0.1, 0.15) is 0 Å². The number of nitro benzene ring substituents is 1. The summed E-state index contributed by atoms with van der Waals surface area (Å²) in [5.41, 5.74) is 1.55. The van der Waals surface area contributed by atoms with Crippen molar-refractivity contribution in [2.75, 3.05) is 0 Å². The highest BCUT2D eigenvalue weighted by Gasteiger charge is 2.15. The van der Waals surface area contributed by atoms with Gasteiger partial charge >= 0.3 is 11.7 Å². The number of benzene rings is 2. The van der Waals surface area contributed by atoms with Gasteiger partial charge in [0.25, 0.3) is 5.69 Å². The number of non-ortho nitro benzene ring substituents is 1. The molecule has 0 radical (unpaired) electrons. The van der Waals surface area contributed by atoms with Crippen LogP contribution in [0.2, 0.25) is 0 Å². The number of aliphatic carboxylic acids is 1. The summed E-state index contributed by atoms with van der Waals surface area (Å²) in [5, 5.41) is 20.0. The highest BCUT2D eigenvalue weighted by atomic mass is 16.6. The summed E-state index contributed by atoms with van der Waals surface area (Å²) in [4.78, 5) is 38.2. The van der Waals surface area contributed by atoms with Crippen LogP contribution in [0.15, 0.2) is 59.4 Å². The molecule has 8 heteroatoms. The maximum atomic E-state index is 12.7. The van der Waals surface area contributed by atoms with Crippen LogP contribution in [0.25, 0.3) is 16.9 Å². The molecule has 8 nitrogen and oxygen atoms in total. The summed E-state index contributed by atoms with van der Waals surface area (Å²) in [5.74, 6) is -1.01. The highest BCUT2D eigenvalue weighted by Crippen LogP contribution is 2.23. The van der Waals surface area contributed by atoms with Crippen molar-refractivity contribution < 1.29 is 14.8 Å². The van der Waals surface area contributed by atoms with Gasteiger partial charge in [-0.1, -0.05) is 30.3 Å². The van der Waals surface area contributed by atoms with Crippen molar-refractivity contribution in [1.29, 1.82) is 0 Å². The predicted octanol–water partition coefficient (Wildman–Crippen LogP) is 2.74. The monoisotopic (exact) mass is 365 g/mol. The minimum Gasteiger partial charge on any atom is -0.481 e. The van der Waals surface area contributed by atoms with Crippen molar-refractivity contribution in [2.45, 2.75) is 13.3 Å². The van der Waals surface area contributed by atoms with E-state index in [0.29, 0.717) is 28.2 Å². The van der Waals surface area contributed by atoms with E-state index in [0.717, 1.165) is 0 Å². The SMILES string of the molecule is Cc1cc(-c2cccc([N+](=O)[O-])c2)nc(=O)n1-c1ccccc1CC(=O)O. The summed E-state index contributed by atoms with van der Waals surface area (Å²) in [6.45, 7) is 1.70.